The first kappa shape index (κ1) is 16.9. The summed E-state index contributed by atoms with van der Waals surface area (Å²) in [7, 11) is 0. The molecule has 6 nitrogen and oxygen atoms in total. The number of carbonyl (C=O) groups excluding carboxylic acids is 2. The van der Waals surface area contributed by atoms with Crippen LogP contribution in [0.5, 0.6) is 0 Å². The zero-order valence-electron chi connectivity index (χ0n) is 10.8. The van der Waals surface area contributed by atoms with Gasteiger partial charge in [0.1, 0.15) is 6.04 Å². The number of ketones is 1. The summed E-state index contributed by atoms with van der Waals surface area (Å²) in [6.07, 6.45) is -0.407. The van der Waals surface area contributed by atoms with Crippen LogP contribution in [0.4, 0.5) is 0 Å². The highest BCUT2D eigenvalue weighted by Gasteiger charge is 2.31. The van der Waals surface area contributed by atoms with E-state index < -0.39 is 35.0 Å². The van der Waals surface area contributed by atoms with Gasteiger partial charge < -0.3 is 16.2 Å². The van der Waals surface area contributed by atoms with E-state index >= 15 is 0 Å². The van der Waals surface area contributed by atoms with Crippen LogP contribution >= 0.6 is 12.6 Å². The molecule has 104 valence electrons. The molecule has 0 spiro atoms. The number of hydrogen-bond donors (Lipinski definition) is 4. The van der Waals surface area contributed by atoms with Gasteiger partial charge in [-0.2, -0.15) is 12.6 Å². The van der Waals surface area contributed by atoms with Crippen LogP contribution < -0.4 is 11.1 Å². The lowest BCUT2D eigenvalue weighted by molar-refractivity contribution is -0.138. The van der Waals surface area contributed by atoms with Gasteiger partial charge in [-0.05, 0) is 0 Å². The van der Waals surface area contributed by atoms with E-state index in [-0.39, 0.29) is 12.3 Å². The number of carbonyl (C=O) groups is 3. The molecule has 7 heteroatoms. The maximum absolute atomic E-state index is 11.9. The van der Waals surface area contributed by atoms with Crippen molar-refractivity contribution in [1.29, 1.82) is 0 Å². The van der Waals surface area contributed by atoms with Crippen LogP contribution in [-0.4, -0.2) is 40.6 Å². The SMILES string of the molecule is CC(C)(C)C(=O)C(CN)NC(=O)C(S)CC(=O)O. The molecule has 4 N–H and O–H groups in total. The fraction of sp³-hybridized carbons (Fsp3) is 0.727. The van der Waals surface area contributed by atoms with Gasteiger partial charge in [0, 0.05) is 12.0 Å². The molecule has 0 heterocycles. The van der Waals surface area contributed by atoms with Gasteiger partial charge >= 0.3 is 5.97 Å². The number of carboxylic acids is 1. The highest BCUT2D eigenvalue weighted by Crippen LogP contribution is 2.16. The van der Waals surface area contributed by atoms with Crippen LogP contribution in [-0.2, 0) is 14.4 Å². The number of amides is 1. The van der Waals surface area contributed by atoms with Crippen molar-refractivity contribution in [2.75, 3.05) is 6.54 Å². The Labute approximate surface area is 112 Å². The van der Waals surface area contributed by atoms with Gasteiger partial charge in [0.25, 0.3) is 0 Å². The van der Waals surface area contributed by atoms with E-state index in [9.17, 15) is 14.4 Å². The fourth-order valence-electron chi connectivity index (χ4n) is 1.28. The Kier molecular flexibility index (Phi) is 6.34. The summed E-state index contributed by atoms with van der Waals surface area (Å²) in [5.41, 5.74) is 4.81. The molecule has 0 aliphatic carbocycles. The van der Waals surface area contributed by atoms with E-state index in [2.05, 4.69) is 17.9 Å². The molecule has 18 heavy (non-hydrogen) atoms. The molecule has 0 aromatic carbocycles. The Morgan fingerprint density at radius 2 is 1.83 bits per heavy atom. The maximum Gasteiger partial charge on any atom is 0.304 e. The van der Waals surface area contributed by atoms with Crippen molar-refractivity contribution < 1.29 is 19.5 Å². The smallest absolute Gasteiger partial charge is 0.304 e. The first-order chi connectivity index (χ1) is 8.09. The number of nitrogens with two attached hydrogens (primary N) is 1. The molecule has 0 bridgehead atoms. The van der Waals surface area contributed by atoms with Crippen LogP contribution in [0.3, 0.4) is 0 Å². The highest BCUT2D eigenvalue weighted by molar-refractivity contribution is 7.81. The van der Waals surface area contributed by atoms with Crippen molar-refractivity contribution in [3.8, 4) is 0 Å². The topological polar surface area (TPSA) is 109 Å². The zero-order valence-corrected chi connectivity index (χ0v) is 11.7. The van der Waals surface area contributed by atoms with E-state index in [0.29, 0.717) is 0 Å². The standard InChI is InChI=1S/C11H20N2O4S/c1-11(2,3)9(16)6(5-12)13-10(17)7(18)4-8(14)15/h6-7,18H,4-5,12H2,1-3H3,(H,13,17)(H,14,15). The second-order valence-electron chi connectivity index (χ2n) is 5.02. The quantitative estimate of drug-likeness (QED) is 0.503. The van der Waals surface area contributed by atoms with Gasteiger partial charge in [-0.15, -0.1) is 0 Å². The lowest BCUT2D eigenvalue weighted by Crippen LogP contribution is -2.51. The molecule has 0 aliphatic rings. The monoisotopic (exact) mass is 276 g/mol. The van der Waals surface area contributed by atoms with E-state index in [4.69, 9.17) is 10.8 Å². The second-order valence-corrected chi connectivity index (χ2v) is 5.65. The van der Waals surface area contributed by atoms with Crippen LogP contribution in [0.15, 0.2) is 0 Å². The van der Waals surface area contributed by atoms with Gasteiger partial charge in [0.05, 0.1) is 11.7 Å². The number of carboxylic acid groups (broad SMARTS) is 1. The van der Waals surface area contributed by atoms with Crippen molar-refractivity contribution >= 4 is 30.3 Å². The summed E-state index contributed by atoms with van der Waals surface area (Å²) in [6, 6.07) is -0.819. The highest BCUT2D eigenvalue weighted by atomic mass is 32.1. The number of Topliss-reactive ketones (excluding diaryl/α,β-unsaturated/α-hetero) is 1. The van der Waals surface area contributed by atoms with Gasteiger partial charge in [-0.1, -0.05) is 20.8 Å². The van der Waals surface area contributed by atoms with Crippen molar-refractivity contribution in [1.82, 2.24) is 5.32 Å². The summed E-state index contributed by atoms with van der Waals surface area (Å²) in [5.74, 6) is -1.93. The first-order valence-electron chi connectivity index (χ1n) is 5.54. The minimum Gasteiger partial charge on any atom is -0.481 e. The number of nitrogens with one attached hydrogen (secondary N) is 1. The zero-order chi connectivity index (χ0) is 14.5. The molecule has 1 amide bonds. The average molecular weight is 276 g/mol. The Hall–Kier alpha value is -1.08. The van der Waals surface area contributed by atoms with Crippen LogP contribution in [0.25, 0.3) is 0 Å². The van der Waals surface area contributed by atoms with E-state index in [1.165, 1.54) is 0 Å². The van der Waals surface area contributed by atoms with Crippen molar-refractivity contribution in [2.24, 2.45) is 11.1 Å². The predicted octanol–water partition coefficient (Wildman–Crippen LogP) is -0.182. The third-order valence-corrected chi connectivity index (χ3v) is 2.70. The Morgan fingerprint density at radius 1 is 1.33 bits per heavy atom. The Morgan fingerprint density at radius 3 is 2.17 bits per heavy atom. The van der Waals surface area contributed by atoms with Gasteiger partial charge in [-0.3, -0.25) is 14.4 Å². The van der Waals surface area contributed by atoms with Crippen molar-refractivity contribution in [3.05, 3.63) is 0 Å². The van der Waals surface area contributed by atoms with E-state index in [0.717, 1.165) is 0 Å². The molecule has 0 fully saturated rings. The van der Waals surface area contributed by atoms with Crippen LogP contribution in [0.1, 0.15) is 27.2 Å². The molecule has 2 unspecified atom stereocenters. The number of aliphatic carboxylic acids is 1. The summed E-state index contributed by atoms with van der Waals surface area (Å²) in [5, 5.41) is 9.97. The lowest BCUT2D eigenvalue weighted by atomic mass is 9.86. The van der Waals surface area contributed by atoms with Crippen molar-refractivity contribution in [2.45, 2.75) is 38.5 Å². The predicted molar refractivity (Wildman–Crippen MR) is 70.5 cm³/mol. The van der Waals surface area contributed by atoms with Gasteiger partial charge in [0.2, 0.25) is 5.91 Å². The maximum atomic E-state index is 11.9. The molecule has 0 aromatic heterocycles. The third kappa shape index (κ3) is 5.50. The molecule has 0 aliphatic heterocycles. The van der Waals surface area contributed by atoms with Gasteiger partial charge in [-0.25, -0.2) is 0 Å². The molecular formula is C11H20N2O4S. The summed E-state index contributed by atoms with van der Waals surface area (Å²) < 4.78 is 0. The van der Waals surface area contributed by atoms with Crippen LogP contribution in [0.2, 0.25) is 0 Å². The summed E-state index contributed by atoms with van der Waals surface area (Å²) in [6.45, 7) is 5.13. The minimum absolute atomic E-state index is 0.0323. The third-order valence-electron chi connectivity index (χ3n) is 2.28. The average Bonchev–Trinajstić information content (AvgIpc) is 2.22. The number of thiol groups is 1. The molecule has 0 saturated heterocycles. The normalized spacial score (nSPS) is 14.7. The molecule has 0 rings (SSSR count). The molecule has 0 radical (unpaired) electrons. The molecular weight excluding hydrogens is 256 g/mol. The number of hydrogen-bond acceptors (Lipinski definition) is 5. The van der Waals surface area contributed by atoms with Crippen LogP contribution in [0, 0.1) is 5.41 Å². The molecule has 0 saturated carbocycles. The molecule has 2 atom stereocenters. The lowest BCUT2D eigenvalue weighted by Gasteiger charge is -2.25. The Balaban J connectivity index is 4.60. The van der Waals surface area contributed by atoms with Gasteiger partial charge in [0.15, 0.2) is 5.78 Å². The minimum atomic E-state index is -1.13. The number of rotatable bonds is 6. The Bertz CT molecular complexity index is 338. The summed E-state index contributed by atoms with van der Waals surface area (Å²) >= 11 is 3.87. The first-order valence-corrected chi connectivity index (χ1v) is 6.05. The second kappa shape index (κ2) is 6.75. The van der Waals surface area contributed by atoms with Crippen molar-refractivity contribution in [3.63, 3.8) is 0 Å². The fourth-order valence-corrected chi connectivity index (χ4v) is 1.51. The largest absolute Gasteiger partial charge is 0.481 e. The molecule has 0 aromatic rings. The van der Waals surface area contributed by atoms with E-state index in [1.807, 2.05) is 0 Å². The summed E-state index contributed by atoms with van der Waals surface area (Å²) in [4.78, 5) is 34.0. The van der Waals surface area contributed by atoms with E-state index in [1.54, 1.807) is 20.8 Å².